The van der Waals surface area contributed by atoms with Crippen molar-refractivity contribution < 1.29 is 9.90 Å². The molecule has 0 saturated carbocycles. The lowest BCUT2D eigenvalue weighted by atomic mass is 9.97. The summed E-state index contributed by atoms with van der Waals surface area (Å²) in [7, 11) is 0. The molecule has 17 heavy (non-hydrogen) atoms. The Morgan fingerprint density at radius 1 is 1.35 bits per heavy atom. The Morgan fingerprint density at radius 3 is 2.47 bits per heavy atom. The van der Waals surface area contributed by atoms with Crippen LogP contribution in [0.4, 0.5) is 5.69 Å². The van der Waals surface area contributed by atoms with Gasteiger partial charge >= 0.3 is 0 Å². The second-order valence-electron chi connectivity index (χ2n) is 4.42. The molecule has 0 aromatic heterocycles. The molecule has 0 aliphatic rings. The number of nitrogen functional groups attached to an aromatic ring is 1. The number of aliphatic hydroxyl groups excluding tert-OH is 1. The number of rotatable bonds is 5. The summed E-state index contributed by atoms with van der Waals surface area (Å²) in [5, 5.41) is 11.6. The van der Waals surface area contributed by atoms with Gasteiger partial charge < -0.3 is 16.2 Å². The Kier molecular flexibility index (Phi) is 4.97. The largest absolute Gasteiger partial charge is 0.399 e. The van der Waals surface area contributed by atoms with Gasteiger partial charge in [0.15, 0.2) is 0 Å². The van der Waals surface area contributed by atoms with Crippen molar-refractivity contribution in [3.63, 3.8) is 0 Å². The Hall–Kier alpha value is -1.55. The second kappa shape index (κ2) is 6.25. The third-order valence-electron chi connectivity index (χ3n) is 2.68. The number of aliphatic hydroxyl groups is 1. The highest BCUT2D eigenvalue weighted by Gasteiger charge is 2.12. The van der Waals surface area contributed by atoms with Crippen LogP contribution in [0.5, 0.6) is 0 Å². The van der Waals surface area contributed by atoms with Gasteiger partial charge in [0.2, 0.25) is 5.91 Å². The van der Waals surface area contributed by atoms with E-state index in [1.165, 1.54) is 0 Å². The Balaban J connectivity index is 2.51. The fourth-order valence-electron chi connectivity index (χ4n) is 1.60. The van der Waals surface area contributed by atoms with Gasteiger partial charge in [0.1, 0.15) is 0 Å². The van der Waals surface area contributed by atoms with Crippen LogP contribution in [-0.2, 0) is 4.79 Å². The quantitative estimate of drug-likeness (QED) is 0.674. The van der Waals surface area contributed by atoms with Crippen LogP contribution in [0, 0.1) is 0 Å². The maximum absolute atomic E-state index is 11.6. The highest BCUT2D eigenvalue weighted by atomic mass is 16.3. The van der Waals surface area contributed by atoms with Crippen molar-refractivity contribution in [2.75, 3.05) is 12.3 Å². The first-order valence-corrected chi connectivity index (χ1v) is 5.78. The van der Waals surface area contributed by atoms with Gasteiger partial charge in [0.25, 0.3) is 0 Å². The van der Waals surface area contributed by atoms with Crippen LogP contribution in [0.3, 0.4) is 0 Å². The van der Waals surface area contributed by atoms with Crippen LogP contribution in [-0.4, -0.2) is 23.7 Å². The lowest BCUT2D eigenvalue weighted by Crippen LogP contribution is -2.35. The second-order valence-corrected chi connectivity index (χ2v) is 4.42. The zero-order chi connectivity index (χ0) is 12.8. The van der Waals surface area contributed by atoms with E-state index in [4.69, 9.17) is 10.8 Å². The minimum Gasteiger partial charge on any atom is -0.399 e. The molecule has 0 aliphatic heterocycles. The molecule has 4 nitrogen and oxygen atoms in total. The average Bonchev–Trinajstić information content (AvgIpc) is 2.29. The summed E-state index contributed by atoms with van der Waals surface area (Å²) in [5.41, 5.74) is 7.42. The lowest BCUT2D eigenvalue weighted by molar-refractivity contribution is -0.122. The summed E-state index contributed by atoms with van der Waals surface area (Å²) in [4.78, 5) is 11.6. The molecule has 1 amide bonds. The minimum absolute atomic E-state index is 0.0397. The molecule has 0 bridgehead atoms. The molecule has 2 atom stereocenters. The number of anilines is 1. The van der Waals surface area contributed by atoms with Crippen molar-refractivity contribution in [1.29, 1.82) is 0 Å². The number of benzene rings is 1. The van der Waals surface area contributed by atoms with E-state index in [9.17, 15) is 4.79 Å². The van der Waals surface area contributed by atoms with Crippen LogP contribution in [0.1, 0.15) is 31.7 Å². The monoisotopic (exact) mass is 236 g/mol. The molecule has 0 spiro atoms. The molecule has 1 aromatic rings. The fourth-order valence-corrected chi connectivity index (χ4v) is 1.60. The predicted molar refractivity (Wildman–Crippen MR) is 68.6 cm³/mol. The fraction of sp³-hybridized carbons (Fsp3) is 0.462. The maximum atomic E-state index is 11.6. The molecule has 4 heteroatoms. The summed E-state index contributed by atoms with van der Waals surface area (Å²) < 4.78 is 0. The van der Waals surface area contributed by atoms with Crippen LogP contribution in [0.15, 0.2) is 24.3 Å². The summed E-state index contributed by atoms with van der Waals surface area (Å²) >= 11 is 0. The van der Waals surface area contributed by atoms with Crippen molar-refractivity contribution in [1.82, 2.24) is 5.32 Å². The van der Waals surface area contributed by atoms with Gasteiger partial charge in [-0.05, 0) is 30.5 Å². The van der Waals surface area contributed by atoms with E-state index in [-0.39, 0.29) is 24.5 Å². The maximum Gasteiger partial charge on any atom is 0.220 e. The molecular formula is C13H20N2O2. The zero-order valence-corrected chi connectivity index (χ0v) is 10.3. The lowest BCUT2D eigenvalue weighted by Gasteiger charge is -2.15. The van der Waals surface area contributed by atoms with Crippen molar-refractivity contribution in [2.45, 2.75) is 32.2 Å². The summed E-state index contributed by atoms with van der Waals surface area (Å²) in [6.07, 6.45) is 0.411. The highest BCUT2D eigenvalue weighted by molar-refractivity contribution is 5.77. The smallest absolute Gasteiger partial charge is 0.220 e. The van der Waals surface area contributed by atoms with E-state index in [0.29, 0.717) is 6.42 Å². The van der Waals surface area contributed by atoms with Gasteiger partial charge in [0, 0.05) is 18.2 Å². The van der Waals surface area contributed by atoms with Crippen LogP contribution in [0.25, 0.3) is 0 Å². The van der Waals surface area contributed by atoms with Gasteiger partial charge in [-0.2, -0.15) is 0 Å². The third-order valence-corrected chi connectivity index (χ3v) is 2.68. The first kappa shape index (κ1) is 13.5. The van der Waals surface area contributed by atoms with Gasteiger partial charge in [-0.3, -0.25) is 4.79 Å². The van der Waals surface area contributed by atoms with Gasteiger partial charge in [-0.25, -0.2) is 0 Å². The van der Waals surface area contributed by atoms with E-state index >= 15 is 0 Å². The number of carbonyl (C=O) groups excluding carboxylic acids is 1. The third kappa shape index (κ3) is 4.44. The molecule has 1 rings (SSSR count). The van der Waals surface area contributed by atoms with E-state index < -0.39 is 0 Å². The number of nitrogens with one attached hydrogen (secondary N) is 1. The topological polar surface area (TPSA) is 75.3 Å². The number of hydrogen-bond acceptors (Lipinski definition) is 3. The Morgan fingerprint density at radius 2 is 1.94 bits per heavy atom. The SMILES string of the molecule is CC(CO)NC(=O)CC(C)c1ccc(N)cc1. The standard InChI is InChI=1S/C13H20N2O2/c1-9(7-13(17)15-10(2)8-16)11-3-5-12(14)6-4-11/h3-6,9-10,16H,7-8,14H2,1-2H3,(H,15,17). The molecular weight excluding hydrogens is 216 g/mol. The van der Waals surface area contributed by atoms with Crippen molar-refractivity contribution in [2.24, 2.45) is 0 Å². The summed E-state index contributed by atoms with van der Waals surface area (Å²) in [5.74, 6) is 0.0948. The number of nitrogens with two attached hydrogens (primary N) is 1. The highest BCUT2D eigenvalue weighted by Crippen LogP contribution is 2.19. The average molecular weight is 236 g/mol. The Bertz CT molecular complexity index is 362. The first-order chi connectivity index (χ1) is 8.02. The van der Waals surface area contributed by atoms with Gasteiger partial charge in [-0.15, -0.1) is 0 Å². The van der Waals surface area contributed by atoms with Gasteiger partial charge in [-0.1, -0.05) is 19.1 Å². The molecule has 0 radical (unpaired) electrons. The zero-order valence-electron chi connectivity index (χ0n) is 10.3. The van der Waals surface area contributed by atoms with Crippen molar-refractivity contribution in [3.8, 4) is 0 Å². The van der Waals surface area contributed by atoms with Crippen molar-refractivity contribution >= 4 is 11.6 Å². The molecule has 0 aliphatic carbocycles. The Labute approximate surface area is 102 Å². The molecule has 1 aromatic carbocycles. The predicted octanol–water partition coefficient (Wildman–Crippen LogP) is 1.26. The van der Waals surface area contributed by atoms with Crippen LogP contribution in [0.2, 0.25) is 0 Å². The van der Waals surface area contributed by atoms with Crippen LogP contribution < -0.4 is 11.1 Å². The van der Waals surface area contributed by atoms with E-state index in [1.54, 1.807) is 6.92 Å². The van der Waals surface area contributed by atoms with E-state index in [0.717, 1.165) is 11.3 Å². The number of carbonyl (C=O) groups is 1. The van der Waals surface area contributed by atoms with E-state index in [2.05, 4.69) is 5.32 Å². The van der Waals surface area contributed by atoms with Crippen molar-refractivity contribution in [3.05, 3.63) is 29.8 Å². The first-order valence-electron chi connectivity index (χ1n) is 5.78. The molecule has 0 heterocycles. The minimum atomic E-state index is -0.193. The number of hydrogen-bond donors (Lipinski definition) is 3. The molecule has 0 saturated heterocycles. The summed E-state index contributed by atoms with van der Waals surface area (Å²) in [6, 6.07) is 7.34. The molecule has 94 valence electrons. The molecule has 0 fully saturated rings. The number of amides is 1. The molecule has 4 N–H and O–H groups in total. The van der Waals surface area contributed by atoms with Crippen LogP contribution >= 0.6 is 0 Å². The normalized spacial score (nSPS) is 14.1. The van der Waals surface area contributed by atoms with Gasteiger partial charge in [0.05, 0.1) is 6.61 Å². The molecule has 2 unspecified atom stereocenters. The summed E-state index contributed by atoms with van der Waals surface area (Å²) in [6.45, 7) is 3.72. The van der Waals surface area contributed by atoms with E-state index in [1.807, 2.05) is 31.2 Å².